The van der Waals surface area contributed by atoms with Crippen LogP contribution in [0.4, 0.5) is 11.8 Å². The zero-order chi connectivity index (χ0) is 16.7. The topological polar surface area (TPSA) is 135 Å². The number of hydrogen-bond acceptors (Lipinski definition) is 7. The fourth-order valence-corrected chi connectivity index (χ4v) is 2.02. The number of unbranched alkanes of at least 4 members (excludes halogenated alkanes) is 2. The monoisotopic (exact) mass is 308 g/mol. The van der Waals surface area contributed by atoms with Crippen LogP contribution in [0.3, 0.4) is 0 Å². The number of benzene rings is 1. The Morgan fingerprint density at radius 3 is 2.43 bits per heavy atom. The highest BCUT2D eigenvalue weighted by Crippen LogP contribution is 2.26. The SMILES string of the molecule is N#CCCCCOc1ccc(-c2nc(N)nc(N)c2C#N)cc1. The number of rotatable bonds is 6. The summed E-state index contributed by atoms with van der Waals surface area (Å²) in [5.74, 6) is 0.793. The zero-order valence-electron chi connectivity index (χ0n) is 12.5. The highest BCUT2D eigenvalue weighted by atomic mass is 16.5. The Labute approximate surface area is 134 Å². The van der Waals surface area contributed by atoms with Crippen LogP contribution in [-0.4, -0.2) is 16.6 Å². The lowest BCUT2D eigenvalue weighted by Crippen LogP contribution is -2.05. The van der Waals surface area contributed by atoms with E-state index in [2.05, 4.69) is 16.0 Å². The summed E-state index contributed by atoms with van der Waals surface area (Å²) in [4.78, 5) is 7.88. The molecule has 0 aliphatic heterocycles. The number of hydrogen-bond donors (Lipinski definition) is 2. The first-order chi connectivity index (χ1) is 11.2. The third-order valence-corrected chi connectivity index (χ3v) is 3.15. The number of nitrogen functional groups attached to an aromatic ring is 2. The van der Waals surface area contributed by atoms with Gasteiger partial charge in [0.15, 0.2) is 0 Å². The molecule has 0 saturated heterocycles. The molecular formula is C16H16N6O. The van der Waals surface area contributed by atoms with Crippen molar-refractivity contribution in [3.63, 3.8) is 0 Å². The van der Waals surface area contributed by atoms with Crippen molar-refractivity contribution in [3.05, 3.63) is 29.8 Å². The van der Waals surface area contributed by atoms with Gasteiger partial charge in [-0.15, -0.1) is 0 Å². The molecule has 0 spiro atoms. The van der Waals surface area contributed by atoms with Crippen molar-refractivity contribution < 1.29 is 4.74 Å². The van der Waals surface area contributed by atoms with Gasteiger partial charge in [-0.3, -0.25) is 0 Å². The zero-order valence-corrected chi connectivity index (χ0v) is 12.5. The van der Waals surface area contributed by atoms with Crippen LogP contribution in [0.25, 0.3) is 11.3 Å². The predicted octanol–water partition coefficient (Wildman–Crippen LogP) is 2.25. The molecule has 0 unspecified atom stereocenters. The smallest absolute Gasteiger partial charge is 0.222 e. The molecule has 1 aromatic carbocycles. The standard InChI is InChI=1S/C16H16N6O/c17-8-2-1-3-9-23-12-6-4-11(5-7-12)14-13(10-18)15(19)22-16(20)21-14/h4-7H,1-3,9H2,(H4,19,20,21,22). The van der Waals surface area contributed by atoms with Gasteiger partial charge in [-0.1, -0.05) is 0 Å². The Morgan fingerprint density at radius 1 is 1.04 bits per heavy atom. The van der Waals surface area contributed by atoms with Gasteiger partial charge in [-0.2, -0.15) is 15.5 Å². The van der Waals surface area contributed by atoms with Crippen LogP contribution in [-0.2, 0) is 0 Å². The van der Waals surface area contributed by atoms with Crippen LogP contribution < -0.4 is 16.2 Å². The van der Waals surface area contributed by atoms with Crippen LogP contribution in [0.5, 0.6) is 5.75 Å². The molecule has 0 amide bonds. The molecule has 2 rings (SSSR count). The van der Waals surface area contributed by atoms with Gasteiger partial charge < -0.3 is 16.2 Å². The van der Waals surface area contributed by atoms with Crippen LogP contribution in [0.15, 0.2) is 24.3 Å². The Morgan fingerprint density at radius 2 is 1.78 bits per heavy atom. The van der Waals surface area contributed by atoms with Crippen molar-refractivity contribution in [3.8, 4) is 29.1 Å². The largest absolute Gasteiger partial charge is 0.494 e. The number of nitrogens with zero attached hydrogens (tertiary/aromatic N) is 4. The van der Waals surface area contributed by atoms with Crippen LogP contribution in [0.1, 0.15) is 24.8 Å². The fourth-order valence-electron chi connectivity index (χ4n) is 2.02. The summed E-state index contributed by atoms with van der Waals surface area (Å²) in [6, 6.07) is 11.2. The summed E-state index contributed by atoms with van der Waals surface area (Å²) in [7, 11) is 0. The lowest BCUT2D eigenvalue weighted by molar-refractivity contribution is 0.307. The first-order valence-corrected chi connectivity index (χ1v) is 7.09. The van der Waals surface area contributed by atoms with Crippen LogP contribution in [0, 0.1) is 22.7 Å². The maximum atomic E-state index is 9.19. The normalized spacial score (nSPS) is 9.83. The molecule has 23 heavy (non-hydrogen) atoms. The van der Waals surface area contributed by atoms with Gasteiger partial charge in [-0.25, -0.2) is 4.98 Å². The third-order valence-electron chi connectivity index (χ3n) is 3.15. The maximum absolute atomic E-state index is 9.19. The van der Waals surface area contributed by atoms with Gasteiger partial charge in [0.2, 0.25) is 5.95 Å². The molecule has 4 N–H and O–H groups in total. The molecule has 0 bridgehead atoms. The molecule has 7 nitrogen and oxygen atoms in total. The minimum atomic E-state index is 0.0225. The van der Waals surface area contributed by atoms with Crippen molar-refractivity contribution in [2.45, 2.75) is 19.3 Å². The number of aromatic nitrogens is 2. The summed E-state index contributed by atoms with van der Waals surface area (Å²) < 4.78 is 5.59. The number of nitrogens with two attached hydrogens (primary N) is 2. The van der Waals surface area contributed by atoms with E-state index in [4.69, 9.17) is 21.5 Å². The molecule has 0 radical (unpaired) electrons. The molecule has 0 atom stereocenters. The molecule has 7 heteroatoms. The molecule has 2 aromatic rings. The summed E-state index contributed by atoms with van der Waals surface area (Å²) in [6.45, 7) is 0.553. The lowest BCUT2D eigenvalue weighted by atomic mass is 10.1. The molecule has 0 aliphatic rings. The molecule has 0 fully saturated rings. The molecule has 116 valence electrons. The van der Waals surface area contributed by atoms with E-state index in [1.807, 2.05) is 6.07 Å². The summed E-state index contributed by atoms with van der Waals surface area (Å²) in [6.07, 6.45) is 2.18. The highest BCUT2D eigenvalue weighted by Gasteiger charge is 2.13. The summed E-state index contributed by atoms with van der Waals surface area (Å²) in [5, 5.41) is 17.7. The van der Waals surface area contributed by atoms with E-state index in [9.17, 15) is 5.26 Å². The van der Waals surface area contributed by atoms with Gasteiger partial charge in [-0.05, 0) is 37.1 Å². The molecule has 1 aromatic heterocycles. The van der Waals surface area contributed by atoms with Crippen molar-refractivity contribution in [1.82, 2.24) is 9.97 Å². The number of anilines is 2. The van der Waals surface area contributed by atoms with Crippen molar-refractivity contribution in [2.24, 2.45) is 0 Å². The average Bonchev–Trinajstić information content (AvgIpc) is 2.54. The van der Waals surface area contributed by atoms with Gasteiger partial charge in [0.25, 0.3) is 0 Å². The highest BCUT2D eigenvalue weighted by molar-refractivity contribution is 5.73. The third kappa shape index (κ3) is 4.08. The average molecular weight is 308 g/mol. The van der Waals surface area contributed by atoms with E-state index in [0.29, 0.717) is 30.0 Å². The Balaban J connectivity index is 2.12. The van der Waals surface area contributed by atoms with Gasteiger partial charge in [0.1, 0.15) is 23.2 Å². The van der Waals surface area contributed by atoms with E-state index in [0.717, 1.165) is 12.8 Å². The van der Waals surface area contributed by atoms with Gasteiger partial charge in [0, 0.05) is 12.0 Å². The first-order valence-electron chi connectivity index (χ1n) is 7.09. The number of nitriles is 2. The second-order valence-corrected chi connectivity index (χ2v) is 4.79. The van der Waals surface area contributed by atoms with Crippen molar-refractivity contribution >= 4 is 11.8 Å². The van der Waals surface area contributed by atoms with Crippen molar-refractivity contribution in [1.29, 1.82) is 10.5 Å². The minimum absolute atomic E-state index is 0.0225. The minimum Gasteiger partial charge on any atom is -0.494 e. The quantitative estimate of drug-likeness (QED) is 0.781. The van der Waals surface area contributed by atoms with E-state index < -0.39 is 0 Å². The Kier molecular flexibility index (Phi) is 5.32. The molecular weight excluding hydrogens is 292 g/mol. The lowest BCUT2D eigenvalue weighted by Gasteiger charge is -2.09. The summed E-state index contributed by atoms with van der Waals surface area (Å²) in [5.41, 5.74) is 12.6. The van der Waals surface area contributed by atoms with Crippen LogP contribution >= 0.6 is 0 Å². The Bertz CT molecular complexity index is 758. The molecule has 0 aliphatic carbocycles. The van der Waals surface area contributed by atoms with E-state index >= 15 is 0 Å². The number of ether oxygens (including phenoxy) is 1. The summed E-state index contributed by atoms with van der Waals surface area (Å²) >= 11 is 0. The van der Waals surface area contributed by atoms with E-state index in [-0.39, 0.29) is 17.3 Å². The van der Waals surface area contributed by atoms with Gasteiger partial charge >= 0.3 is 0 Å². The maximum Gasteiger partial charge on any atom is 0.222 e. The van der Waals surface area contributed by atoms with Crippen LogP contribution in [0.2, 0.25) is 0 Å². The first kappa shape index (κ1) is 16.1. The van der Waals surface area contributed by atoms with E-state index in [1.165, 1.54) is 0 Å². The second kappa shape index (κ2) is 7.62. The molecule has 1 heterocycles. The van der Waals surface area contributed by atoms with Crippen molar-refractivity contribution in [2.75, 3.05) is 18.1 Å². The second-order valence-electron chi connectivity index (χ2n) is 4.79. The van der Waals surface area contributed by atoms with E-state index in [1.54, 1.807) is 24.3 Å². The van der Waals surface area contributed by atoms with Gasteiger partial charge in [0.05, 0.1) is 18.4 Å². The Hall–Kier alpha value is -3.32. The fraction of sp³-hybridized carbons (Fsp3) is 0.250. The predicted molar refractivity (Wildman–Crippen MR) is 86.0 cm³/mol. The molecule has 0 saturated carbocycles.